The van der Waals surface area contributed by atoms with Crippen LogP contribution in [0.4, 0.5) is 11.4 Å². The van der Waals surface area contributed by atoms with Crippen LogP contribution in [-0.2, 0) is 19.6 Å². The molecule has 0 radical (unpaired) electrons. The minimum atomic E-state index is -3.66. The Morgan fingerprint density at radius 1 is 1.10 bits per heavy atom. The third-order valence-corrected chi connectivity index (χ3v) is 6.51. The Kier molecular flexibility index (Phi) is 6.71. The van der Waals surface area contributed by atoms with Gasteiger partial charge in [-0.05, 0) is 62.4 Å². The van der Waals surface area contributed by atoms with Crippen LogP contribution >= 0.6 is 0 Å². The lowest BCUT2D eigenvalue weighted by Gasteiger charge is -2.15. The Labute approximate surface area is 180 Å². The number of aryl methyl sites for hydroxylation is 1. The van der Waals surface area contributed by atoms with Gasteiger partial charge in [-0.2, -0.15) is 0 Å². The molecular weight excluding hydrogens is 420 g/mol. The topological polar surface area (TPSA) is 125 Å². The number of benzene rings is 2. The van der Waals surface area contributed by atoms with Crippen LogP contribution in [0.5, 0.6) is 0 Å². The third-order valence-electron chi connectivity index (χ3n) is 4.95. The predicted molar refractivity (Wildman–Crippen MR) is 116 cm³/mol. The Morgan fingerprint density at radius 2 is 1.81 bits per heavy atom. The van der Waals surface area contributed by atoms with E-state index in [1.807, 2.05) is 0 Å². The monoisotopic (exact) mass is 444 g/mol. The van der Waals surface area contributed by atoms with Crippen LogP contribution in [-0.4, -0.2) is 46.3 Å². The molecule has 0 saturated carbocycles. The molecule has 1 fully saturated rings. The Hall–Kier alpha value is -3.24. The maximum atomic E-state index is 12.3. The van der Waals surface area contributed by atoms with Gasteiger partial charge < -0.3 is 15.5 Å². The lowest BCUT2D eigenvalue weighted by atomic mass is 10.2. The molecular formula is C21H24N4O5S. The zero-order valence-corrected chi connectivity index (χ0v) is 18.1. The van der Waals surface area contributed by atoms with E-state index in [1.165, 1.54) is 13.1 Å². The van der Waals surface area contributed by atoms with Crippen LogP contribution < -0.4 is 20.3 Å². The molecule has 0 aromatic heterocycles. The zero-order valence-electron chi connectivity index (χ0n) is 17.3. The number of nitrogens with one attached hydrogen (secondary N) is 3. The predicted octanol–water partition coefficient (Wildman–Crippen LogP) is 1.40. The SMILES string of the molecule is CNS(=O)(=O)c1cc(NC(=O)CNC(=O)c2ccc(N3CCCC3=O)cc2)ccc1C. The molecule has 0 unspecified atom stereocenters. The summed E-state index contributed by atoms with van der Waals surface area (Å²) in [6.45, 7) is 2.04. The van der Waals surface area contributed by atoms with E-state index in [2.05, 4.69) is 15.4 Å². The molecule has 31 heavy (non-hydrogen) atoms. The largest absolute Gasteiger partial charge is 0.343 e. The highest BCUT2D eigenvalue weighted by Gasteiger charge is 2.22. The van der Waals surface area contributed by atoms with Crippen LogP contribution in [0, 0.1) is 6.92 Å². The van der Waals surface area contributed by atoms with Crippen LogP contribution in [0.3, 0.4) is 0 Å². The summed E-state index contributed by atoms with van der Waals surface area (Å²) in [6.07, 6.45) is 1.35. The summed E-state index contributed by atoms with van der Waals surface area (Å²) < 4.78 is 26.4. The van der Waals surface area contributed by atoms with Gasteiger partial charge in [0.1, 0.15) is 0 Å². The van der Waals surface area contributed by atoms with E-state index in [1.54, 1.807) is 48.2 Å². The van der Waals surface area contributed by atoms with E-state index in [4.69, 9.17) is 0 Å². The number of hydrogen-bond acceptors (Lipinski definition) is 5. The molecule has 3 N–H and O–H groups in total. The minimum absolute atomic E-state index is 0.0633. The van der Waals surface area contributed by atoms with Crippen molar-refractivity contribution in [1.29, 1.82) is 0 Å². The second-order valence-corrected chi connectivity index (χ2v) is 8.97. The van der Waals surface area contributed by atoms with Crippen molar-refractivity contribution in [3.8, 4) is 0 Å². The number of rotatable bonds is 7. The molecule has 0 aliphatic carbocycles. The highest BCUT2D eigenvalue weighted by atomic mass is 32.2. The van der Waals surface area contributed by atoms with Gasteiger partial charge in [0.15, 0.2) is 0 Å². The van der Waals surface area contributed by atoms with E-state index in [-0.39, 0.29) is 17.3 Å². The number of hydrogen-bond donors (Lipinski definition) is 3. The lowest BCUT2D eigenvalue weighted by Crippen LogP contribution is -2.33. The van der Waals surface area contributed by atoms with Crippen LogP contribution in [0.15, 0.2) is 47.4 Å². The van der Waals surface area contributed by atoms with Crippen LogP contribution in [0.2, 0.25) is 0 Å². The molecule has 0 bridgehead atoms. The van der Waals surface area contributed by atoms with E-state index >= 15 is 0 Å². The molecule has 10 heteroatoms. The van der Waals surface area contributed by atoms with Crippen molar-refractivity contribution in [2.24, 2.45) is 0 Å². The highest BCUT2D eigenvalue weighted by molar-refractivity contribution is 7.89. The molecule has 2 aromatic rings. The van der Waals surface area contributed by atoms with Gasteiger partial charge in [-0.3, -0.25) is 14.4 Å². The van der Waals surface area contributed by atoms with Gasteiger partial charge >= 0.3 is 0 Å². The van der Waals surface area contributed by atoms with Crippen molar-refractivity contribution in [2.75, 3.05) is 30.4 Å². The molecule has 1 saturated heterocycles. The van der Waals surface area contributed by atoms with Gasteiger partial charge in [0.2, 0.25) is 21.8 Å². The first-order valence-corrected chi connectivity index (χ1v) is 11.2. The summed E-state index contributed by atoms with van der Waals surface area (Å²) in [5, 5.41) is 5.10. The van der Waals surface area contributed by atoms with Crippen LogP contribution in [0.1, 0.15) is 28.8 Å². The maximum Gasteiger partial charge on any atom is 0.251 e. The lowest BCUT2D eigenvalue weighted by molar-refractivity contribution is -0.117. The second kappa shape index (κ2) is 9.27. The van der Waals surface area contributed by atoms with Gasteiger partial charge in [-0.1, -0.05) is 6.07 Å². The first kappa shape index (κ1) is 22.4. The standard InChI is InChI=1S/C21H24N4O5S/c1-14-5-8-16(12-18(14)31(29,30)22-2)24-19(26)13-23-21(28)15-6-9-17(10-7-15)25-11-3-4-20(25)27/h5-10,12,22H,3-4,11,13H2,1-2H3,(H,23,28)(H,24,26). The number of nitrogens with zero attached hydrogens (tertiary/aromatic N) is 1. The Morgan fingerprint density at radius 3 is 2.42 bits per heavy atom. The summed E-state index contributed by atoms with van der Waals surface area (Å²) in [7, 11) is -2.35. The summed E-state index contributed by atoms with van der Waals surface area (Å²) in [4.78, 5) is 38.0. The normalized spacial score (nSPS) is 13.9. The number of sulfonamides is 1. The van der Waals surface area contributed by atoms with Crippen molar-refractivity contribution in [3.05, 3.63) is 53.6 Å². The summed E-state index contributed by atoms with van der Waals surface area (Å²) >= 11 is 0. The van der Waals surface area contributed by atoms with Gasteiger partial charge in [0.25, 0.3) is 5.91 Å². The molecule has 0 spiro atoms. The Bertz CT molecular complexity index is 1110. The first-order chi connectivity index (χ1) is 14.7. The summed E-state index contributed by atoms with van der Waals surface area (Å²) in [5.74, 6) is -0.864. The molecule has 1 aliphatic rings. The second-order valence-electron chi connectivity index (χ2n) is 7.11. The third kappa shape index (κ3) is 5.28. The molecule has 1 aliphatic heterocycles. The van der Waals surface area contributed by atoms with Gasteiger partial charge in [0, 0.05) is 29.9 Å². The molecule has 2 aromatic carbocycles. The number of carbonyl (C=O) groups is 3. The van der Waals surface area contributed by atoms with Crippen molar-refractivity contribution in [2.45, 2.75) is 24.7 Å². The molecule has 164 valence electrons. The number of amides is 3. The fraction of sp³-hybridized carbons (Fsp3) is 0.286. The maximum absolute atomic E-state index is 12.3. The molecule has 3 amide bonds. The average molecular weight is 445 g/mol. The van der Waals surface area contributed by atoms with Crippen molar-refractivity contribution >= 4 is 39.1 Å². The van der Waals surface area contributed by atoms with Crippen molar-refractivity contribution in [1.82, 2.24) is 10.0 Å². The minimum Gasteiger partial charge on any atom is -0.343 e. The van der Waals surface area contributed by atoms with Crippen molar-refractivity contribution in [3.63, 3.8) is 0 Å². The van der Waals surface area contributed by atoms with E-state index in [0.29, 0.717) is 29.8 Å². The molecule has 0 atom stereocenters. The zero-order chi connectivity index (χ0) is 22.6. The summed E-state index contributed by atoms with van der Waals surface area (Å²) in [5.41, 5.74) is 1.95. The fourth-order valence-electron chi connectivity index (χ4n) is 3.26. The Balaban J connectivity index is 1.58. The van der Waals surface area contributed by atoms with E-state index in [9.17, 15) is 22.8 Å². The van der Waals surface area contributed by atoms with E-state index < -0.39 is 21.8 Å². The number of anilines is 2. The highest BCUT2D eigenvalue weighted by Crippen LogP contribution is 2.22. The van der Waals surface area contributed by atoms with E-state index in [0.717, 1.165) is 12.1 Å². The fourth-order valence-corrected chi connectivity index (χ4v) is 4.25. The quantitative estimate of drug-likeness (QED) is 0.595. The molecule has 3 rings (SSSR count). The molecule has 9 nitrogen and oxygen atoms in total. The van der Waals surface area contributed by atoms with Gasteiger partial charge in [0.05, 0.1) is 11.4 Å². The number of carbonyl (C=O) groups excluding carboxylic acids is 3. The molecule has 1 heterocycles. The van der Waals surface area contributed by atoms with Crippen LogP contribution in [0.25, 0.3) is 0 Å². The van der Waals surface area contributed by atoms with Gasteiger partial charge in [-0.25, -0.2) is 13.1 Å². The van der Waals surface area contributed by atoms with Crippen molar-refractivity contribution < 1.29 is 22.8 Å². The average Bonchev–Trinajstić information content (AvgIpc) is 3.19. The summed E-state index contributed by atoms with van der Waals surface area (Å²) in [6, 6.07) is 11.1. The smallest absolute Gasteiger partial charge is 0.251 e. The first-order valence-electron chi connectivity index (χ1n) is 9.74. The van der Waals surface area contributed by atoms with Gasteiger partial charge in [-0.15, -0.1) is 0 Å².